The van der Waals surface area contributed by atoms with Crippen molar-refractivity contribution >= 4 is 0 Å². The van der Waals surface area contributed by atoms with Gasteiger partial charge >= 0.3 is 0 Å². The predicted molar refractivity (Wildman–Crippen MR) is 66.8 cm³/mol. The molecule has 2 rings (SSSR count). The molecular weight excluding hydrogens is 217 g/mol. The lowest BCUT2D eigenvalue weighted by Crippen LogP contribution is -2.41. The van der Waals surface area contributed by atoms with Crippen LogP contribution in [0.4, 0.5) is 4.39 Å². The maximum absolute atomic E-state index is 13.3. The Balaban J connectivity index is 2.35. The highest BCUT2D eigenvalue weighted by Crippen LogP contribution is 2.41. The highest BCUT2D eigenvalue weighted by atomic mass is 19.1. The van der Waals surface area contributed by atoms with Crippen molar-refractivity contribution in [1.82, 2.24) is 5.32 Å². The first kappa shape index (κ1) is 12.4. The van der Waals surface area contributed by atoms with Gasteiger partial charge in [-0.15, -0.1) is 0 Å². The van der Waals surface area contributed by atoms with Gasteiger partial charge in [-0.2, -0.15) is 0 Å². The molecule has 1 N–H and O–H groups in total. The van der Waals surface area contributed by atoms with Crippen LogP contribution in [0.5, 0.6) is 5.75 Å². The standard InChI is InChI=1S/C14H20FNO/c1-4-7-14(2)9-12(16-3)11-8-10(15)5-6-13(11)17-14/h5-6,8,12,16H,4,7,9H2,1-3H3. The molecule has 1 aromatic carbocycles. The van der Waals surface area contributed by atoms with Gasteiger partial charge in [0.1, 0.15) is 17.2 Å². The molecular formula is C14H20FNO. The minimum absolute atomic E-state index is 0.146. The topological polar surface area (TPSA) is 21.3 Å². The van der Waals surface area contributed by atoms with Gasteiger partial charge in [-0.05, 0) is 38.6 Å². The number of nitrogens with one attached hydrogen (secondary N) is 1. The lowest BCUT2D eigenvalue weighted by molar-refractivity contribution is 0.0400. The van der Waals surface area contributed by atoms with Gasteiger partial charge in [0.2, 0.25) is 0 Å². The minimum Gasteiger partial charge on any atom is -0.487 e. The van der Waals surface area contributed by atoms with Crippen LogP contribution in [0, 0.1) is 5.82 Å². The molecule has 2 atom stereocenters. The molecule has 1 heterocycles. The molecule has 1 aromatic rings. The van der Waals surface area contributed by atoms with Crippen LogP contribution in [0.3, 0.4) is 0 Å². The van der Waals surface area contributed by atoms with E-state index < -0.39 is 0 Å². The third-order valence-electron chi connectivity index (χ3n) is 3.47. The summed E-state index contributed by atoms with van der Waals surface area (Å²) in [6, 6.07) is 4.94. The van der Waals surface area contributed by atoms with Crippen LogP contribution in [0.2, 0.25) is 0 Å². The van der Waals surface area contributed by atoms with Gasteiger partial charge in [0, 0.05) is 18.0 Å². The van der Waals surface area contributed by atoms with Crippen LogP contribution in [-0.4, -0.2) is 12.6 Å². The number of fused-ring (bicyclic) bond motifs is 1. The van der Waals surface area contributed by atoms with E-state index in [4.69, 9.17) is 4.74 Å². The van der Waals surface area contributed by atoms with Gasteiger partial charge in [0.15, 0.2) is 0 Å². The lowest BCUT2D eigenvalue weighted by atomic mass is 9.85. The second-order valence-corrected chi connectivity index (χ2v) is 5.03. The molecule has 0 aliphatic carbocycles. The molecule has 94 valence electrons. The molecule has 0 bridgehead atoms. The van der Waals surface area contributed by atoms with E-state index in [9.17, 15) is 4.39 Å². The molecule has 0 amide bonds. The third-order valence-corrected chi connectivity index (χ3v) is 3.47. The van der Waals surface area contributed by atoms with E-state index in [-0.39, 0.29) is 17.5 Å². The largest absolute Gasteiger partial charge is 0.487 e. The maximum atomic E-state index is 13.3. The first-order valence-corrected chi connectivity index (χ1v) is 6.24. The minimum atomic E-state index is -0.202. The van der Waals surface area contributed by atoms with Gasteiger partial charge < -0.3 is 10.1 Å². The average molecular weight is 237 g/mol. The quantitative estimate of drug-likeness (QED) is 0.869. The van der Waals surface area contributed by atoms with Crippen molar-refractivity contribution in [2.45, 2.75) is 44.8 Å². The van der Waals surface area contributed by atoms with E-state index in [2.05, 4.69) is 19.2 Å². The Morgan fingerprint density at radius 1 is 1.53 bits per heavy atom. The SMILES string of the molecule is CCCC1(C)CC(NC)c2cc(F)ccc2O1. The molecule has 0 fully saturated rings. The van der Waals surface area contributed by atoms with E-state index in [1.807, 2.05) is 7.05 Å². The molecule has 1 aliphatic heterocycles. The second-order valence-electron chi connectivity index (χ2n) is 5.03. The van der Waals surface area contributed by atoms with Crippen molar-refractivity contribution in [3.05, 3.63) is 29.6 Å². The number of halogens is 1. The van der Waals surface area contributed by atoms with Crippen molar-refractivity contribution < 1.29 is 9.13 Å². The molecule has 2 nitrogen and oxygen atoms in total. The van der Waals surface area contributed by atoms with Crippen molar-refractivity contribution in [3.63, 3.8) is 0 Å². The number of hydrogen-bond donors (Lipinski definition) is 1. The second kappa shape index (κ2) is 4.65. The first-order valence-electron chi connectivity index (χ1n) is 6.24. The zero-order valence-corrected chi connectivity index (χ0v) is 10.7. The Kier molecular flexibility index (Phi) is 3.38. The number of rotatable bonds is 3. The summed E-state index contributed by atoms with van der Waals surface area (Å²) in [5.74, 6) is 0.611. The summed E-state index contributed by atoms with van der Waals surface area (Å²) in [6.07, 6.45) is 2.99. The molecule has 17 heavy (non-hydrogen) atoms. The summed E-state index contributed by atoms with van der Waals surface area (Å²) in [4.78, 5) is 0. The van der Waals surface area contributed by atoms with Crippen LogP contribution in [0.1, 0.15) is 44.7 Å². The molecule has 0 saturated carbocycles. The van der Waals surface area contributed by atoms with E-state index in [0.29, 0.717) is 0 Å². The molecule has 1 aliphatic rings. The zero-order chi connectivity index (χ0) is 12.5. The van der Waals surface area contributed by atoms with Gasteiger partial charge in [-0.3, -0.25) is 0 Å². The van der Waals surface area contributed by atoms with Gasteiger partial charge in [-0.25, -0.2) is 4.39 Å². The van der Waals surface area contributed by atoms with Crippen LogP contribution >= 0.6 is 0 Å². The van der Waals surface area contributed by atoms with Crippen LogP contribution in [0.15, 0.2) is 18.2 Å². The van der Waals surface area contributed by atoms with E-state index >= 15 is 0 Å². The highest BCUT2D eigenvalue weighted by molar-refractivity contribution is 5.39. The number of hydrogen-bond acceptors (Lipinski definition) is 2. The van der Waals surface area contributed by atoms with Gasteiger partial charge in [-0.1, -0.05) is 13.3 Å². The van der Waals surface area contributed by atoms with Crippen molar-refractivity contribution in [1.29, 1.82) is 0 Å². The van der Waals surface area contributed by atoms with Gasteiger partial charge in [0.05, 0.1) is 0 Å². The Bertz CT molecular complexity index is 407. The Hall–Kier alpha value is -1.09. The van der Waals surface area contributed by atoms with E-state index in [1.54, 1.807) is 12.1 Å². The third kappa shape index (κ3) is 2.44. The smallest absolute Gasteiger partial charge is 0.125 e. The monoisotopic (exact) mass is 237 g/mol. The van der Waals surface area contributed by atoms with Crippen LogP contribution in [0.25, 0.3) is 0 Å². The maximum Gasteiger partial charge on any atom is 0.125 e. The first-order chi connectivity index (χ1) is 8.08. The molecule has 0 radical (unpaired) electrons. The molecule has 0 saturated heterocycles. The fourth-order valence-electron chi connectivity index (χ4n) is 2.67. The van der Waals surface area contributed by atoms with E-state index in [1.165, 1.54) is 6.07 Å². The zero-order valence-electron chi connectivity index (χ0n) is 10.7. The summed E-state index contributed by atoms with van der Waals surface area (Å²) in [6.45, 7) is 4.29. The molecule has 0 aromatic heterocycles. The van der Waals surface area contributed by atoms with E-state index in [0.717, 1.165) is 30.6 Å². The fourth-order valence-corrected chi connectivity index (χ4v) is 2.67. The lowest BCUT2D eigenvalue weighted by Gasteiger charge is -2.40. The molecule has 0 spiro atoms. The van der Waals surface area contributed by atoms with Crippen molar-refractivity contribution in [3.8, 4) is 5.75 Å². The highest BCUT2D eigenvalue weighted by Gasteiger charge is 2.36. The summed E-state index contributed by atoms with van der Waals surface area (Å²) < 4.78 is 19.3. The average Bonchev–Trinajstić information content (AvgIpc) is 2.29. The van der Waals surface area contributed by atoms with Crippen molar-refractivity contribution in [2.75, 3.05) is 7.05 Å². The molecule has 2 unspecified atom stereocenters. The molecule has 3 heteroatoms. The van der Waals surface area contributed by atoms with Crippen molar-refractivity contribution in [2.24, 2.45) is 0 Å². The van der Waals surface area contributed by atoms with Gasteiger partial charge in [0.25, 0.3) is 0 Å². The number of ether oxygens (including phenoxy) is 1. The van der Waals surface area contributed by atoms with Crippen LogP contribution in [-0.2, 0) is 0 Å². The fraction of sp³-hybridized carbons (Fsp3) is 0.571. The Morgan fingerprint density at radius 2 is 2.29 bits per heavy atom. The predicted octanol–water partition coefficient (Wildman–Crippen LogP) is 3.43. The summed E-state index contributed by atoms with van der Waals surface area (Å²) in [5.41, 5.74) is 0.786. The normalized spacial score (nSPS) is 27.4. The summed E-state index contributed by atoms with van der Waals surface area (Å²) in [5, 5.41) is 3.25. The summed E-state index contributed by atoms with van der Waals surface area (Å²) >= 11 is 0. The van der Waals surface area contributed by atoms with Crippen LogP contribution < -0.4 is 10.1 Å². The summed E-state index contributed by atoms with van der Waals surface area (Å²) in [7, 11) is 1.91. The Morgan fingerprint density at radius 3 is 2.94 bits per heavy atom. The number of benzene rings is 1. The Labute approximate surface area is 102 Å².